The molecular weight excluding hydrogens is 316 g/mol. The molecule has 2 fully saturated rings. The standard InChI is InChI=1S/C20H26N2OS/c23-19-14-21(20(24)16-8-2-1-3-9-16)13-18-17-11-5-4-7-15(17)10-6-12-22(18)19/h4-5,7,11,16,18H,1-3,6,8-10,12-14H2. The van der Waals surface area contributed by atoms with Crippen LogP contribution in [0.15, 0.2) is 24.3 Å². The molecule has 0 radical (unpaired) electrons. The van der Waals surface area contributed by atoms with Gasteiger partial charge in [0.25, 0.3) is 0 Å². The summed E-state index contributed by atoms with van der Waals surface area (Å²) in [6, 6.07) is 8.82. The van der Waals surface area contributed by atoms with Crippen molar-refractivity contribution in [3.63, 3.8) is 0 Å². The highest BCUT2D eigenvalue weighted by Gasteiger charge is 2.37. The van der Waals surface area contributed by atoms with Crippen LogP contribution in [0, 0.1) is 5.92 Å². The van der Waals surface area contributed by atoms with Gasteiger partial charge in [-0.15, -0.1) is 0 Å². The van der Waals surface area contributed by atoms with Crippen LogP contribution in [0.1, 0.15) is 55.7 Å². The van der Waals surface area contributed by atoms with Crippen molar-refractivity contribution in [2.24, 2.45) is 5.92 Å². The van der Waals surface area contributed by atoms with Gasteiger partial charge in [-0.25, -0.2) is 0 Å². The lowest BCUT2D eigenvalue weighted by molar-refractivity contribution is -0.138. The van der Waals surface area contributed by atoms with E-state index in [4.69, 9.17) is 12.2 Å². The zero-order valence-corrected chi connectivity index (χ0v) is 15.1. The van der Waals surface area contributed by atoms with Gasteiger partial charge in [0.2, 0.25) is 5.91 Å². The van der Waals surface area contributed by atoms with Crippen LogP contribution in [0.4, 0.5) is 0 Å². The zero-order chi connectivity index (χ0) is 16.5. The molecular formula is C20H26N2OS. The summed E-state index contributed by atoms with van der Waals surface area (Å²) in [5.41, 5.74) is 2.74. The molecule has 1 saturated heterocycles. The quantitative estimate of drug-likeness (QED) is 0.727. The SMILES string of the molecule is O=C1CN(C(=S)C2CCCCC2)CC2c3ccccc3CCCN12. The molecule has 0 spiro atoms. The molecule has 128 valence electrons. The second kappa shape index (κ2) is 6.83. The third-order valence-corrected chi connectivity index (χ3v) is 6.53. The van der Waals surface area contributed by atoms with Crippen LogP contribution < -0.4 is 0 Å². The highest BCUT2D eigenvalue weighted by atomic mass is 32.1. The number of fused-ring (bicyclic) bond motifs is 3. The van der Waals surface area contributed by atoms with Crippen molar-refractivity contribution in [1.82, 2.24) is 9.80 Å². The van der Waals surface area contributed by atoms with Crippen molar-refractivity contribution in [3.05, 3.63) is 35.4 Å². The van der Waals surface area contributed by atoms with E-state index in [1.807, 2.05) is 0 Å². The van der Waals surface area contributed by atoms with E-state index < -0.39 is 0 Å². The molecule has 1 aliphatic carbocycles. The second-order valence-corrected chi connectivity index (χ2v) is 7.88. The molecule has 3 nitrogen and oxygen atoms in total. The van der Waals surface area contributed by atoms with Crippen LogP contribution in [-0.4, -0.2) is 40.3 Å². The van der Waals surface area contributed by atoms with Crippen LogP contribution in [-0.2, 0) is 11.2 Å². The number of benzene rings is 1. The first-order valence-corrected chi connectivity index (χ1v) is 9.81. The second-order valence-electron chi connectivity index (χ2n) is 7.46. The maximum Gasteiger partial charge on any atom is 0.242 e. The molecule has 1 unspecified atom stereocenters. The Kier molecular flexibility index (Phi) is 4.57. The van der Waals surface area contributed by atoms with Crippen molar-refractivity contribution in [2.45, 2.75) is 51.0 Å². The van der Waals surface area contributed by atoms with Crippen molar-refractivity contribution in [2.75, 3.05) is 19.6 Å². The van der Waals surface area contributed by atoms with Gasteiger partial charge in [-0.1, -0.05) is 55.7 Å². The van der Waals surface area contributed by atoms with Crippen LogP contribution in [0.3, 0.4) is 0 Å². The van der Waals surface area contributed by atoms with Gasteiger partial charge in [-0.2, -0.15) is 0 Å². The molecule has 3 aliphatic rings. The molecule has 1 atom stereocenters. The highest BCUT2D eigenvalue weighted by Crippen LogP contribution is 2.34. The van der Waals surface area contributed by atoms with E-state index in [-0.39, 0.29) is 11.9 Å². The Labute approximate surface area is 150 Å². The van der Waals surface area contributed by atoms with Crippen molar-refractivity contribution in [1.29, 1.82) is 0 Å². The van der Waals surface area contributed by atoms with Gasteiger partial charge in [0.15, 0.2) is 0 Å². The average molecular weight is 343 g/mol. The van der Waals surface area contributed by atoms with Crippen molar-refractivity contribution < 1.29 is 4.79 Å². The first-order valence-electron chi connectivity index (χ1n) is 9.40. The molecule has 0 aromatic heterocycles. The molecule has 4 rings (SSSR count). The fourth-order valence-corrected chi connectivity index (χ4v) is 5.02. The number of hydrogen-bond donors (Lipinski definition) is 0. The van der Waals surface area contributed by atoms with E-state index in [0.29, 0.717) is 12.5 Å². The Hall–Kier alpha value is -1.42. The predicted molar refractivity (Wildman–Crippen MR) is 100.0 cm³/mol. The van der Waals surface area contributed by atoms with E-state index in [1.165, 1.54) is 43.2 Å². The fraction of sp³-hybridized carbons (Fsp3) is 0.600. The van der Waals surface area contributed by atoms with Gasteiger partial charge in [0, 0.05) is 19.0 Å². The van der Waals surface area contributed by atoms with E-state index in [9.17, 15) is 4.79 Å². The minimum Gasteiger partial charge on any atom is -0.354 e. The molecule has 1 saturated carbocycles. The molecule has 1 amide bonds. The minimum absolute atomic E-state index is 0.173. The smallest absolute Gasteiger partial charge is 0.242 e. The lowest BCUT2D eigenvalue weighted by Crippen LogP contribution is -2.54. The third kappa shape index (κ3) is 2.97. The lowest BCUT2D eigenvalue weighted by atomic mass is 9.88. The summed E-state index contributed by atoms with van der Waals surface area (Å²) >= 11 is 5.83. The first kappa shape index (κ1) is 16.1. The zero-order valence-electron chi connectivity index (χ0n) is 14.2. The number of nitrogens with zero attached hydrogens (tertiary/aromatic N) is 2. The number of amides is 1. The Morgan fingerprint density at radius 3 is 2.71 bits per heavy atom. The molecule has 24 heavy (non-hydrogen) atoms. The number of hydrogen-bond acceptors (Lipinski definition) is 2. The maximum absolute atomic E-state index is 12.8. The molecule has 2 heterocycles. The van der Waals surface area contributed by atoms with Gasteiger partial charge >= 0.3 is 0 Å². The minimum atomic E-state index is 0.173. The van der Waals surface area contributed by atoms with Gasteiger partial charge in [-0.3, -0.25) is 4.79 Å². The lowest BCUT2D eigenvalue weighted by Gasteiger charge is -2.43. The van der Waals surface area contributed by atoms with E-state index in [0.717, 1.165) is 30.9 Å². The Bertz CT molecular complexity index is 638. The summed E-state index contributed by atoms with van der Waals surface area (Å²) in [5, 5.41) is 0. The summed E-state index contributed by atoms with van der Waals surface area (Å²) in [7, 11) is 0. The summed E-state index contributed by atoms with van der Waals surface area (Å²) in [4.78, 5) is 18.2. The Balaban J connectivity index is 1.59. The van der Waals surface area contributed by atoms with Gasteiger partial charge in [0.1, 0.15) is 0 Å². The van der Waals surface area contributed by atoms with Gasteiger partial charge in [-0.05, 0) is 36.8 Å². The number of carbonyl (C=O) groups excluding carboxylic acids is 1. The van der Waals surface area contributed by atoms with E-state index >= 15 is 0 Å². The molecule has 0 N–H and O–H groups in total. The van der Waals surface area contributed by atoms with Crippen LogP contribution in [0.25, 0.3) is 0 Å². The number of thiocarbonyl (C=S) groups is 1. The van der Waals surface area contributed by atoms with Gasteiger partial charge in [0.05, 0.1) is 17.6 Å². The summed E-state index contributed by atoms with van der Waals surface area (Å²) in [6.45, 7) is 2.23. The van der Waals surface area contributed by atoms with Crippen molar-refractivity contribution in [3.8, 4) is 0 Å². The Morgan fingerprint density at radius 2 is 1.88 bits per heavy atom. The first-order chi connectivity index (χ1) is 11.7. The topological polar surface area (TPSA) is 23.6 Å². The average Bonchev–Trinajstić information content (AvgIpc) is 2.82. The number of piperazine rings is 1. The van der Waals surface area contributed by atoms with E-state index in [2.05, 4.69) is 34.1 Å². The molecule has 1 aromatic rings. The Morgan fingerprint density at radius 1 is 1.08 bits per heavy atom. The summed E-state index contributed by atoms with van der Waals surface area (Å²) < 4.78 is 0. The van der Waals surface area contributed by atoms with Crippen LogP contribution in [0.2, 0.25) is 0 Å². The van der Waals surface area contributed by atoms with Crippen LogP contribution in [0.5, 0.6) is 0 Å². The normalized spacial score (nSPS) is 25.0. The van der Waals surface area contributed by atoms with Crippen molar-refractivity contribution >= 4 is 23.1 Å². The summed E-state index contributed by atoms with van der Waals surface area (Å²) in [5.74, 6) is 0.759. The molecule has 2 aliphatic heterocycles. The highest BCUT2D eigenvalue weighted by molar-refractivity contribution is 7.80. The number of carbonyl (C=O) groups is 1. The largest absolute Gasteiger partial charge is 0.354 e. The summed E-state index contributed by atoms with van der Waals surface area (Å²) in [6.07, 6.45) is 8.44. The monoisotopic (exact) mass is 342 g/mol. The molecule has 1 aromatic carbocycles. The molecule has 4 heteroatoms. The van der Waals surface area contributed by atoms with E-state index in [1.54, 1.807) is 0 Å². The fourth-order valence-electron chi connectivity index (χ4n) is 4.65. The number of rotatable bonds is 1. The third-order valence-electron chi connectivity index (χ3n) is 5.94. The predicted octanol–water partition coefficient (Wildman–Crippen LogP) is 3.73. The molecule has 0 bridgehead atoms. The van der Waals surface area contributed by atoms with Crippen LogP contribution >= 0.6 is 12.2 Å². The maximum atomic E-state index is 12.8. The van der Waals surface area contributed by atoms with Gasteiger partial charge < -0.3 is 9.80 Å². The number of aryl methyl sites for hydroxylation is 1.